The third-order valence-corrected chi connectivity index (χ3v) is 6.22. The molecule has 0 spiro atoms. The maximum atomic E-state index is 14.2. The van der Waals surface area contributed by atoms with Crippen LogP contribution in [0.3, 0.4) is 0 Å². The van der Waals surface area contributed by atoms with E-state index in [4.69, 9.17) is 11.6 Å². The number of hydrogen-bond donors (Lipinski definition) is 1. The van der Waals surface area contributed by atoms with Crippen molar-refractivity contribution >= 4 is 11.6 Å². The van der Waals surface area contributed by atoms with E-state index < -0.39 is 0 Å². The van der Waals surface area contributed by atoms with Crippen LogP contribution in [0.1, 0.15) is 44.1 Å². The molecule has 3 aliphatic carbocycles. The molecule has 1 aromatic carbocycles. The Morgan fingerprint density at radius 3 is 2.71 bits per heavy atom. The van der Waals surface area contributed by atoms with Gasteiger partial charge in [0.05, 0.1) is 0 Å². The van der Waals surface area contributed by atoms with Gasteiger partial charge in [0.2, 0.25) is 0 Å². The molecule has 3 aliphatic rings. The molecule has 3 unspecified atom stereocenters. The van der Waals surface area contributed by atoms with Crippen LogP contribution in [-0.2, 0) is 6.42 Å². The molecular formula is C18H23ClFN. The number of hydrogen-bond acceptors (Lipinski definition) is 1. The van der Waals surface area contributed by atoms with Gasteiger partial charge in [0.15, 0.2) is 0 Å². The summed E-state index contributed by atoms with van der Waals surface area (Å²) >= 11 is 5.89. The minimum Gasteiger partial charge on any atom is -0.313 e. The average molecular weight is 308 g/mol. The van der Waals surface area contributed by atoms with Crippen molar-refractivity contribution in [1.82, 2.24) is 5.32 Å². The number of nitrogens with one attached hydrogen (secondary N) is 1. The summed E-state index contributed by atoms with van der Waals surface area (Å²) < 4.78 is 14.2. The highest BCUT2D eigenvalue weighted by molar-refractivity contribution is 6.30. The molecule has 0 aliphatic heterocycles. The molecule has 2 bridgehead atoms. The summed E-state index contributed by atoms with van der Waals surface area (Å²) in [5, 5.41) is 4.22. The van der Waals surface area contributed by atoms with Gasteiger partial charge in [-0.15, -0.1) is 0 Å². The molecule has 0 radical (unpaired) electrons. The standard InChI is InChI=1S/C18H23ClFN/c19-15-4-2-13(17(20)8-15)10-18(11-21-16-5-6-16)9-12-1-3-14(18)7-12/h2,4,8,12,14,16,21H,1,3,5-7,9-11H2. The largest absolute Gasteiger partial charge is 0.313 e. The fourth-order valence-corrected chi connectivity index (χ4v) is 4.89. The van der Waals surface area contributed by atoms with E-state index in [0.29, 0.717) is 5.02 Å². The second kappa shape index (κ2) is 5.24. The summed E-state index contributed by atoms with van der Waals surface area (Å²) in [5.41, 5.74) is 1.13. The second-order valence-corrected chi connectivity index (χ2v) is 7.95. The van der Waals surface area contributed by atoms with E-state index in [1.165, 1.54) is 44.6 Å². The van der Waals surface area contributed by atoms with Crippen molar-refractivity contribution < 1.29 is 4.39 Å². The van der Waals surface area contributed by atoms with Gasteiger partial charge >= 0.3 is 0 Å². The first-order valence-electron chi connectivity index (χ1n) is 8.32. The van der Waals surface area contributed by atoms with Gasteiger partial charge in [0, 0.05) is 17.6 Å². The lowest BCUT2D eigenvalue weighted by Gasteiger charge is -2.38. The molecule has 3 saturated carbocycles. The molecular weight excluding hydrogens is 285 g/mol. The van der Waals surface area contributed by atoms with Crippen molar-refractivity contribution in [2.24, 2.45) is 17.3 Å². The first-order chi connectivity index (χ1) is 10.1. The Hall–Kier alpha value is -0.600. The zero-order valence-corrected chi connectivity index (χ0v) is 13.1. The van der Waals surface area contributed by atoms with E-state index in [2.05, 4.69) is 5.32 Å². The van der Waals surface area contributed by atoms with Crippen molar-refractivity contribution in [2.75, 3.05) is 6.54 Å². The molecule has 3 fully saturated rings. The third kappa shape index (κ3) is 2.73. The Bertz CT molecular complexity index is 542. The zero-order valence-electron chi connectivity index (χ0n) is 12.4. The Kier molecular flexibility index (Phi) is 3.50. The van der Waals surface area contributed by atoms with E-state index in [1.54, 1.807) is 0 Å². The van der Waals surface area contributed by atoms with Gasteiger partial charge in [-0.2, -0.15) is 0 Å². The monoisotopic (exact) mass is 307 g/mol. The van der Waals surface area contributed by atoms with E-state index >= 15 is 0 Å². The van der Waals surface area contributed by atoms with Crippen LogP contribution >= 0.6 is 11.6 Å². The van der Waals surface area contributed by atoms with Crippen molar-refractivity contribution in [3.05, 3.63) is 34.6 Å². The van der Waals surface area contributed by atoms with Gasteiger partial charge in [-0.1, -0.05) is 24.1 Å². The Morgan fingerprint density at radius 1 is 1.24 bits per heavy atom. The minimum atomic E-state index is -0.129. The Morgan fingerprint density at radius 2 is 2.10 bits per heavy atom. The Labute approximate surface area is 131 Å². The number of fused-ring (bicyclic) bond motifs is 2. The van der Waals surface area contributed by atoms with Gasteiger partial charge in [0.25, 0.3) is 0 Å². The lowest BCUT2D eigenvalue weighted by Crippen LogP contribution is -2.41. The van der Waals surface area contributed by atoms with Gasteiger partial charge in [0.1, 0.15) is 5.82 Å². The normalized spacial score (nSPS) is 34.6. The van der Waals surface area contributed by atoms with Crippen LogP contribution in [0.25, 0.3) is 0 Å². The molecule has 0 heterocycles. The molecule has 114 valence electrons. The van der Waals surface area contributed by atoms with E-state index in [-0.39, 0.29) is 11.2 Å². The van der Waals surface area contributed by atoms with Gasteiger partial charge in [-0.3, -0.25) is 0 Å². The van der Waals surface area contributed by atoms with Gasteiger partial charge in [-0.05, 0) is 73.5 Å². The van der Waals surface area contributed by atoms with Crippen LogP contribution in [0.15, 0.2) is 18.2 Å². The average Bonchev–Trinajstić information content (AvgIpc) is 3.09. The lowest BCUT2D eigenvalue weighted by molar-refractivity contribution is 0.154. The van der Waals surface area contributed by atoms with Crippen LogP contribution in [0, 0.1) is 23.1 Å². The molecule has 0 amide bonds. The second-order valence-electron chi connectivity index (χ2n) is 7.51. The van der Waals surface area contributed by atoms with Crippen molar-refractivity contribution in [3.63, 3.8) is 0 Å². The Balaban J connectivity index is 1.57. The highest BCUT2D eigenvalue weighted by Gasteiger charge is 2.51. The minimum absolute atomic E-state index is 0.129. The zero-order chi connectivity index (χ0) is 14.4. The van der Waals surface area contributed by atoms with E-state index in [9.17, 15) is 4.39 Å². The molecule has 4 rings (SSSR count). The van der Waals surface area contributed by atoms with Gasteiger partial charge in [-0.25, -0.2) is 4.39 Å². The first kappa shape index (κ1) is 14.0. The molecule has 0 aromatic heterocycles. The third-order valence-electron chi connectivity index (χ3n) is 5.98. The summed E-state index contributed by atoms with van der Waals surface area (Å²) in [7, 11) is 0. The topological polar surface area (TPSA) is 12.0 Å². The molecule has 3 heteroatoms. The number of benzene rings is 1. The first-order valence-corrected chi connectivity index (χ1v) is 8.70. The smallest absolute Gasteiger partial charge is 0.127 e. The van der Waals surface area contributed by atoms with Crippen molar-refractivity contribution in [3.8, 4) is 0 Å². The predicted molar refractivity (Wildman–Crippen MR) is 84.0 cm³/mol. The SMILES string of the molecule is Fc1cc(Cl)ccc1CC1(CNC2CC2)CC2CCC1C2. The van der Waals surface area contributed by atoms with E-state index in [0.717, 1.165) is 36.4 Å². The summed E-state index contributed by atoms with van der Waals surface area (Å²) in [5.74, 6) is 1.53. The fraction of sp³-hybridized carbons (Fsp3) is 0.667. The summed E-state index contributed by atoms with van der Waals surface area (Å²) in [6, 6.07) is 5.92. The lowest BCUT2D eigenvalue weighted by atomic mass is 9.69. The maximum Gasteiger partial charge on any atom is 0.127 e. The highest BCUT2D eigenvalue weighted by Crippen LogP contribution is 2.57. The van der Waals surface area contributed by atoms with Crippen LogP contribution < -0.4 is 5.32 Å². The summed E-state index contributed by atoms with van der Waals surface area (Å²) in [6.07, 6.45) is 8.88. The van der Waals surface area contributed by atoms with Crippen LogP contribution in [-0.4, -0.2) is 12.6 Å². The molecule has 1 N–H and O–H groups in total. The van der Waals surface area contributed by atoms with Crippen LogP contribution in [0.4, 0.5) is 4.39 Å². The van der Waals surface area contributed by atoms with Crippen molar-refractivity contribution in [2.45, 2.75) is 51.0 Å². The predicted octanol–water partition coefficient (Wildman–Crippen LogP) is 4.58. The van der Waals surface area contributed by atoms with E-state index in [1.807, 2.05) is 12.1 Å². The molecule has 1 aromatic rings. The molecule has 1 nitrogen and oxygen atoms in total. The summed E-state index contributed by atoms with van der Waals surface area (Å²) in [6.45, 7) is 1.07. The molecule has 0 saturated heterocycles. The maximum absolute atomic E-state index is 14.2. The fourth-order valence-electron chi connectivity index (χ4n) is 4.73. The molecule has 21 heavy (non-hydrogen) atoms. The van der Waals surface area contributed by atoms with Crippen LogP contribution in [0.5, 0.6) is 0 Å². The summed E-state index contributed by atoms with van der Waals surface area (Å²) in [4.78, 5) is 0. The van der Waals surface area contributed by atoms with Gasteiger partial charge < -0.3 is 5.32 Å². The number of rotatable bonds is 5. The number of halogens is 2. The van der Waals surface area contributed by atoms with Crippen LogP contribution in [0.2, 0.25) is 5.02 Å². The molecule has 3 atom stereocenters. The van der Waals surface area contributed by atoms with Crippen molar-refractivity contribution in [1.29, 1.82) is 0 Å². The quantitative estimate of drug-likeness (QED) is 0.839. The highest BCUT2D eigenvalue weighted by atomic mass is 35.5.